The van der Waals surface area contributed by atoms with Crippen LogP contribution >= 0.6 is 0 Å². The number of hydrogen-bond donors (Lipinski definition) is 0. The van der Waals surface area contributed by atoms with Gasteiger partial charge < -0.3 is 14.2 Å². The lowest BCUT2D eigenvalue weighted by Crippen LogP contribution is -2.30. The van der Waals surface area contributed by atoms with Gasteiger partial charge in [0.2, 0.25) is 0 Å². The molecule has 0 aromatic heterocycles. The van der Waals surface area contributed by atoms with Crippen LogP contribution in [0.15, 0.2) is 109 Å². The van der Waals surface area contributed by atoms with Crippen LogP contribution in [0.3, 0.4) is 0 Å². The fourth-order valence-electron chi connectivity index (χ4n) is 7.25. The van der Waals surface area contributed by atoms with Gasteiger partial charge in [-0.15, -0.1) is 0 Å². The molecule has 0 bridgehead atoms. The Balaban J connectivity index is 4.38. The molecule has 0 aromatic carbocycles. The second-order valence-corrected chi connectivity index (χ2v) is 17.7. The molecule has 0 N–H and O–H groups in total. The minimum absolute atomic E-state index is 0.0582. The molecule has 376 valence electrons. The van der Waals surface area contributed by atoms with E-state index >= 15 is 0 Å². The van der Waals surface area contributed by atoms with E-state index in [-0.39, 0.29) is 25.2 Å². The summed E-state index contributed by atoms with van der Waals surface area (Å²) in [6.07, 6.45) is 76.7. The molecule has 0 aliphatic heterocycles. The Morgan fingerprint density at radius 3 is 1.09 bits per heavy atom. The molecule has 66 heavy (non-hydrogen) atoms. The number of esters is 2. The molecule has 1 atom stereocenters. The summed E-state index contributed by atoms with van der Waals surface area (Å²) in [5.74, 6) is -0.444. The number of allylic oxidation sites excluding steroid dienone is 18. The summed E-state index contributed by atoms with van der Waals surface area (Å²) in [5.41, 5.74) is 0. The van der Waals surface area contributed by atoms with Crippen molar-refractivity contribution in [2.45, 2.75) is 245 Å². The Morgan fingerprint density at radius 2 is 0.682 bits per heavy atom. The van der Waals surface area contributed by atoms with Gasteiger partial charge in [0.1, 0.15) is 6.61 Å². The van der Waals surface area contributed by atoms with E-state index in [1.807, 2.05) is 0 Å². The predicted molar refractivity (Wildman–Crippen MR) is 288 cm³/mol. The maximum atomic E-state index is 12.8. The Kier molecular flexibility index (Phi) is 53.0. The number of carbonyl (C=O) groups is 2. The van der Waals surface area contributed by atoms with Crippen molar-refractivity contribution in [1.29, 1.82) is 0 Å². The quantitative estimate of drug-likeness (QED) is 0.0346. The first-order chi connectivity index (χ1) is 32.6. The SMILES string of the molecule is CC/C=C\C/C=C\C/C=C\C/C=C\CCCCCCC(=O)OCC(COCCCCCCCC/C=C\C/C=C\CCCCC)OC(=O)CCCCCCCCC/C=C\C/C=C\C/C=C\CC. The van der Waals surface area contributed by atoms with Crippen LogP contribution in [0.5, 0.6) is 0 Å². The third-order valence-corrected chi connectivity index (χ3v) is 11.3. The second kappa shape index (κ2) is 55.9. The molecular formula is C61H102O5. The minimum Gasteiger partial charge on any atom is -0.462 e. The summed E-state index contributed by atoms with van der Waals surface area (Å²) in [5, 5.41) is 0. The van der Waals surface area contributed by atoms with Gasteiger partial charge in [-0.25, -0.2) is 0 Å². The average Bonchev–Trinajstić information content (AvgIpc) is 3.32. The smallest absolute Gasteiger partial charge is 0.306 e. The molecule has 0 fully saturated rings. The minimum atomic E-state index is -0.565. The largest absolute Gasteiger partial charge is 0.462 e. The number of carbonyl (C=O) groups excluding carboxylic acids is 2. The van der Waals surface area contributed by atoms with Crippen molar-refractivity contribution in [2.24, 2.45) is 0 Å². The van der Waals surface area contributed by atoms with E-state index in [0.29, 0.717) is 19.4 Å². The van der Waals surface area contributed by atoms with E-state index in [4.69, 9.17) is 14.2 Å². The number of unbranched alkanes of at least 4 members (excludes halogenated alkanes) is 20. The van der Waals surface area contributed by atoms with E-state index in [1.165, 1.54) is 83.5 Å². The predicted octanol–water partition coefficient (Wildman–Crippen LogP) is 18.8. The highest BCUT2D eigenvalue weighted by Crippen LogP contribution is 2.13. The molecule has 0 radical (unpaired) electrons. The van der Waals surface area contributed by atoms with Crippen molar-refractivity contribution in [1.82, 2.24) is 0 Å². The monoisotopic (exact) mass is 915 g/mol. The van der Waals surface area contributed by atoms with Gasteiger partial charge in [0.15, 0.2) is 6.10 Å². The van der Waals surface area contributed by atoms with Crippen molar-refractivity contribution in [3.63, 3.8) is 0 Å². The topological polar surface area (TPSA) is 61.8 Å². The molecule has 0 saturated heterocycles. The van der Waals surface area contributed by atoms with Crippen LogP contribution in [0.1, 0.15) is 239 Å². The van der Waals surface area contributed by atoms with Crippen LogP contribution in [0.2, 0.25) is 0 Å². The van der Waals surface area contributed by atoms with E-state index in [2.05, 4.69) is 130 Å². The van der Waals surface area contributed by atoms with Crippen molar-refractivity contribution in [2.75, 3.05) is 19.8 Å². The normalized spacial score (nSPS) is 13.1. The fraction of sp³-hybridized carbons (Fsp3) is 0.672. The zero-order chi connectivity index (χ0) is 47.7. The molecule has 5 nitrogen and oxygen atoms in total. The molecule has 0 aromatic rings. The summed E-state index contributed by atoms with van der Waals surface area (Å²) < 4.78 is 17.4. The van der Waals surface area contributed by atoms with Gasteiger partial charge in [-0.2, -0.15) is 0 Å². The summed E-state index contributed by atoms with van der Waals surface area (Å²) in [4.78, 5) is 25.5. The van der Waals surface area contributed by atoms with Crippen LogP contribution < -0.4 is 0 Å². The lowest BCUT2D eigenvalue weighted by atomic mass is 10.1. The third kappa shape index (κ3) is 53.2. The van der Waals surface area contributed by atoms with Crippen LogP contribution in [0.25, 0.3) is 0 Å². The van der Waals surface area contributed by atoms with Crippen molar-refractivity contribution < 1.29 is 23.8 Å². The molecule has 1 unspecified atom stereocenters. The summed E-state index contributed by atoms with van der Waals surface area (Å²) in [6.45, 7) is 7.52. The zero-order valence-corrected chi connectivity index (χ0v) is 43.2. The van der Waals surface area contributed by atoms with Crippen molar-refractivity contribution in [3.05, 3.63) is 109 Å². The maximum absolute atomic E-state index is 12.8. The van der Waals surface area contributed by atoms with Gasteiger partial charge in [0, 0.05) is 19.4 Å². The molecule has 0 rings (SSSR count). The van der Waals surface area contributed by atoms with Gasteiger partial charge >= 0.3 is 11.9 Å². The lowest BCUT2D eigenvalue weighted by molar-refractivity contribution is -0.163. The number of rotatable bonds is 49. The van der Waals surface area contributed by atoms with Gasteiger partial charge in [-0.05, 0) is 122 Å². The van der Waals surface area contributed by atoms with Crippen molar-refractivity contribution in [3.8, 4) is 0 Å². The second-order valence-electron chi connectivity index (χ2n) is 17.7. The van der Waals surface area contributed by atoms with E-state index in [0.717, 1.165) is 122 Å². The molecule has 5 heteroatoms. The first-order valence-corrected chi connectivity index (χ1v) is 27.4. The highest BCUT2D eigenvalue weighted by atomic mass is 16.6. The van der Waals surface area contributed by atoms with Gasteiger partial charge in [-0.1, -0.05) is 214 Å². The Labute approximate surface area is 408 Å². The fourth-order valence-corrected chi connectivity index (χ4v) is 7.25. The first kappa shape index (κ1) is 62.6. The summed E-state index contributed by atoms with van der Waals surface area (Å²) in [6, 6.07) is 0. The first-order valence-electron chi connectivity index (χ1n) is 27.4. The van der Waals surface area contributed by atoms with Gasteiger partial charge in [0.05, 0.1) is 6.61 Å². The highest BCUT2D eigenvalue weighted by Gasteiger charge is 2.17. The van der Waals surface area contributed by atoms with Crippen LogP contribution in [-0.4, -0.2) is 37.9 Å². The van der Waals surface area contributed by atoms with Crippen LogP contribution in [-0.2, 0) is 23.8 Å². The standard InChI is InChI=1S/C61H102O5/c1-4-7-10-13-16-19-22-25-28-31-33-36-39-42-45-48-51-54-60(62)65-58-59(57-64-56-53-50-47-44-41-38-35-30-27-24-21-18-15-12-9-6-3)66-61(63)55-52-49-46-43-40-37-34-32-29-26-23-20-17-14-11-8-5-2/h7-8,10-11,16-21,25-30,33,36,59H,4-6,9,12-15,22-24,31-32,34-35,37-58H2,1-3H3/b10-7-,11-8-,19-16-,20-17-,21-18-,28-25-,29-26-,30-27-,36-33-. The number of hydrogen-bond acceptors (Lipinski definition) is 5. The number of ether oxygens (including phenoxy) is 3. The summed E-state index contributed by atoms with van der Waals surface area (Å²) in [7, 11) is 0. The third-order valence-electron chi connectivity index (χ3n) is 11.3. The van der Waals surface area contributed by atoms with Crippen LogP contribution in [0, 0.1) is 0 Å². The Morgan fingerprint density at radius 1 is 0.348 bits per heavy atom. The van der Waals surface area contributed by atoms with E-state index < -0.39 is 6.10 Å². The average molecular weight is 915 g/mol. The van der Waals surface area contributed by atoms with Gasteiger partial charge in [0.25, 0.3) is 0 Å². The van der Waals surface area contributed by atoms with E-state index in [1.54, 1.807) is 0 Å². The zero-order valence-electron chi connectivity index (χ0n) is 43.2. The maximum Gasteiger partial charge on any atom is 0.306 e. The molecule has 0 saturated carbocycles. The molecule has 0 aliphatic rings. The lowest BCUT2D eigenvalue weighted by Gasteiger charge is -2.18. The Bertz CT molecular complexity index is 1310. The van der Waals surface area contributed by atoms with Crippen LogP contribution in [0.4, 0.5) is 0 Å². The molecule has 0 spiro atoms. The molecule has 0 amide bonds. The summed E-state index contributed by atoms with van der Waals surface area (Å²) >= 11 is 0. The van der Waals surface area contributed by atoms with Gasteiger partial charge in [-0.3, -0.25) is 9.59 Å². The highest BCUT2D eigenvalue weighted by molar-refractivity contribution is 5.70. The Hall–Kier alpha value is -3.44. The molecule has 0 aliphatic carbocycles. The van der Waals surface area contributed by atoms with E-state index in [9.17, 15) is 9.59 Å². The van der Waals surface area contributed by atoms with Crippen molar-refractivity contribution >= 4 is 11.9 Å². The molecular weight excluding hydrogens is 813 g/mol. The molecule has 0 heterocycles.